The molecule has 1 heterocycles. The smallest absolute Gasteiger partial charge is 0.176 e. The van der Waals surface area contributed by atoms with Gasteiger partial charge in [-0.05, 0) is 24.6 Å². The standard InChI is InChI=1S/C18H16O2/c1-12(2)14-8-4-5-9-15(14)17-11-13-7-6-10-16(19-3)18(13)20-17/h4-11H,1H2,2-3H3. The van der Waals surface area contributed by atoms with Gasteiger partial charge in [-0.25, -0.2) is 0 Å². The molecule has 2 aromatic carbocycles. The number of hydrogen-bond acceptors (Lipinski definition) is 2. The van der Waals surface area contributed by atoms with E-state index in [1.807, 2.05) is 49.4 Å². The van der Waals surface area contributed by atoms with Gasteiger partial charge in [0.15, 0.2) is 11.3 Å². The van der Waals surface area contributed by atoms with E-state index in [1.54, 1.807) is 7.11 Å². The molecule has 0 amide bonds. The predicted molar refractivity (Wildman–Crippen MR) is 82.9 cm³/mol. The molecule has 0 unspecified atom stereocenters. The maximum absolute atomic E-state index is 6.00. The number of rotatable bonds is 3. The van der Waals surface area contributed by atoms with E-state index in [1.165, 1.54) is 0 Å². The lowest BCUT2D eigenvalue weighted by atomic mass is 10.0. The molecule has 0 aliphatic rings. The first-order chi connectivity index (χ1) is 9.70. The van der Waals surface area contributed by atoms with E-state index in [9.17, 15) is 0 Å². The van der Waals surface area contributed by atoms with Crippen LogP contribution in [0, 0.1) is 0 Å². The number of furan rings is 1. The van der Waals surface area contributed by atoms with Crippen LogP contribution in [0.3, 0.4) is 0 Å². The van der Waals surface area contributed by atoms with Crippen molar-refractivity contribution in [1.29, 1.82) is 0 Å². The third kappa shape index (κ3) is 1.99. The fraction of sp³-hybridized carbons (Fsp3) is 0.111. The van der Waals surface area contributed by atoms with Gasteiger partial charge in [0.05, 0.1) is 7.11 Å². The Bertz CT molecular complexity index is 781. The maximum atomic E-state index is 6.00. The van der Waals surface area contributed by atoms with Crippen molar-refractivity contribution in [3.8, 4) is 17.1 Å². The topological polar surface area (TPSA) is 22.4 Å². The third-order valence-electron chi connectivity index (χ3n) is 3.38. The summed E-state index contributed by atoms with van der Waals surface area (Å²) >= 11 is 0. The van der Waals surface area contributed by atoms with E-state index in [4.69, 9.17) is 9.15 Å². The van der Waals surface area contributed by atoms with E-state index in [0.717, 1.165) is 39.2 Å². The molecule has 0 fully saturated rings. The molecule has 2 heteroatoms. The molecule has 1 aromatic heterocycles. The highest BCUT2D eigenvalue weighted by Gasteiger charge is 2.12. The first-order valence-electron chi connectivity index (χ1n) is 6.52. The maximum Gasteiger partial charge on any atom is 0.176 e. The van der Waals surface area contributed by atoms with Gasteiger partial charge in [-0.15, -0.1) is 0 Å². The summed E-state index contributed by atoms with van der Waals surface area (Å²) in [7, 11) is 1.65. The van der Waals surface area contributed by atoms with Gasteiger partial charge < -0.3 is 9.15 Å². The Morgan fingerprint density at radius 2 is 1.90 bits per heavy atom. The molecule has 100 valence electrons. The summed E-state index contributed by atoms with van der Waals surface area (Å²) in [5.41, 5.74) is 3.96. The van der Waals surface area contributed by atoms with Crippen LogP contribution < -0.4 is 4.74 Å². The zero-order chi connectivity index (χ0) is 14.1. The Labute approximate surface area is 118 Å². The van der Waals surface area contributed by atoms with Gasteiger partial charge in [-0.2, -0.15) is 0 Å². The average molecular weight is 264 g/mol. The van der Waals surface area contributed by atoms with Crippen molar-refractivity contribution >= 4 is 16.5 Å². The second-order valence-electron chi connectivity index (χ2n) is 4.82. The number of ether oxygens (including phenoxy) is 1. The summed E-state index contributed by atoms with van der Waals surface area (Å²) in [4.78, 5) is 0. The van der Waals surface area contributed by atoms with Gasteiger partial charge in [0.25, 0.3) is 0 Å². The van der Waals surface area contributed by atoms with Crippen LogP contribution in [0.25, 0.3) is 27.9 Å². The number of fused-ring (bicyclic) bond motifs is 1. The molecular formula is C18H16O2. The normalized spacial score (nSPS) is 10.7. The molecule has 0 radical (unpaired) electrons. The third-order valence-corrected chi connectivity index (χ3v) is 3.38. The monoisotopic (exact) mass is 264 g/mol. The van der Waals surface area contributed by atoms with Crippen molar-refractivity contribution < 1.29 is 9.15 Å². The van der Waals surface area contributed by atoms with Crippen LogP contribution in [0.2, 0.25) is 0 Å². The van der Waals surface area contributed by atoms with Gasteiger partial charge in [0.1, 0.15) is 5.76 Å². The van der Waals surface area contributed by atoms with E-state index in [2.05, 4.69) is 12.6 Å². The van der Waals surface area contributed by atoms with E-state index < -0.39 is 0 Å². The Morgan fingerprint density at radius 3 is 2.65 bits per heavy atom. The zero-order valence-electron chi connectivity index (χ0n) is 11.6. The summed E-state index contributed by atoms with van der Waals surface area (Å²) in [6.45, 7) is 6.03. The van der Waals surface area contributed by atoms with Gasteiger partial charge in [0, 0.05) is 10.9 Å². The van der Waals surface area contributed by atoms with Gasteiger partial charge in [0.2, 0.25) is 0 Å². The molecule has 2 nitrogen and oxygen atoms in total. The lowest BCUT2D eigenvalue weighted by Gasteiger charge is -2.06. The second kappa shape index (κ2) is 4.89. The number of methoxy groups -OCH3 is 1. The SMILES string of the molecule is C=C(C)c1ccccc1-c1cc2cccc(OC)c2o1. The van der Waals surface area contributed by atoms with Gasteiger partial charge in [-0.1, -0.05) is 48.6 Å². The van der Waals surface area contributed by atoms with E-state index in [0.29, 0.717) is 0 Å². The quantitative estimate of drug-likeness (QED) is 0.653. The van der Waals surface area contributed by atoms with Crippen molar-refractivity contribution in [2.24, 2.45) is 0 Å². The summed E-state index contributed by atoms with van der Waals surface area (Å²) in [5, 5.41) is 1.04. The molecular weight excluding hydrogens is 248 g/mol. The van der Waals surface area contributed by atoms with Crippen molar-refractivity contribution in [2.45, 2.75) is 6.92 Å². The fourth-order valence-electron chi connectivity index (χ4n) is 2.40. The average Bonchev–Trinajstić information content (AvgIpc) is 2.90. The molecule has 3 aromatic rings. The molecule has 0 spiro atoms. The van der Waals surface area contributed by atoms with Crippen LogP contribution in [-0.4, -0.2) is 7.11 Å². The van der Waals surface area contributed by atoms with Crippen LogP contribution in [0.1, 0.15) is 12.5 Å². The highest BCUT2D eigenvalue weighted by atomic mass is 16.5. The molecule has 20 heavy (non-hydrogen) atoms. The zero-order valence-corrected chi connectivity index (χ0v) is 11.6. The molecule has 3 rings (SSSR count). The van der Waals surface area contributed by atoms with Crippen LogP contribution in [0.15, 0.2) is 59.5 Å². The van der Waals surface area contributed by atoms with Crippen molar-refractivity contribution in [2.75, 3.05) is 7.11 Å². The Morgan fingerprint density at radius 1 is 1.10 bits per heavy atom. The van der Waals surface area contributed by atoms with Crippen LogP contribution in [-0.2, 0) is 0 Å². The van der Waals surface area contributed by atoms with Crippen molar-refractivity contribution in [3.05, 3.63) is 60.7 Å². The molecule has 0 saturated heterocycles. The van der Waals surface area contributed by atoms with Gasteiger partial charge in [-0.3, -0.25) is 0 Å². The summed E-state index contributed by atoms with van der Waals surface area (Å²) in [6.07, 6.45) is 0. The number of para-hydroxylation sites is 1. The van der Waals surface area contributed by atoms with Crippen LogP contribution in [0.4, 0.5) is 0 Å². The van der Waals surface area contributed by atoms with Crippen molar-refractivity contribution in [1.82, 2.24) is 0 Å². The summed E-state index contributed by atoms with van der Waals surface area (Å²) in [5.74, 6) is 1.59. The predicted octanol–water partition coefficient (Wildman–Crippen LogP) is 5.14. The van der Waals surface area contributed by atoms with Crippen LogP contribution >= 0.6 is 0 Å². The second-order valence-corrected chi connectivity index (χ2v) is 4.82. The minimum atomic E-state index is 0.751. The Kier molecular flexibility index (Phi) is 3.07. The lowest BCUT2D eigenvalue weighted by molar-refractivity contribution is 0.411. The molecule has 0 aliphatic heterocycles. The fourth-order valence-corrected chi connectivity index (χ4v) is 2.40. The number of allylic oxidation sites excluding steroid dienone is 1. The molecule has 0 saturated carbocycles. The molecule has 0 atom stereocenters. The van der Waals surface area contributed by atoms with E-state index in [-0.39, 0.29) is 0 Å². The summed E-state index contributed by atoms with van der Waals surface area (Å²) in [6, 6.07) is 16.1. The lowest BCUT2D eigenvalue weighted by Crippen LogP contribution is -1.83. The first-order valence-corrected chi connectivity index (χ1v) is 6.52. The Balaban J connectivity index is 2.23. The first kappa shape index (κ1) is 12.5. The van der Waals surface area contributed by atoms with Gasteiger partial charge >= 0.3 is 0 Å². The van der Waals surface area contributed by atoms with E-state index >= 15 is 0 Å². The summed E-state index contributed by atoms with van der Waals surface area (Å²) < 4.78 is 11.3. The molecule has 0 bridgehead atoms. The van der Waals surface area contributed by atoms with Crippen LogP contribution in [0.5, 0.6) is 5.75 Å². The largest absolute Gasteiger partial charge is 0.493 e. The highest BCUT2D eigenvalue weighted by Crippen LogP contribution is 2.35. The van der Waals surface area contributed by atoms with Crippen molar-refractivity contribution in [3.63, 3.8) is 0 Å². The highest BCUT2D eigenvalue weighted by molar-refractivity contribution is 5.89. The minimum Gasteiger partial charge on any atom is -0.493 e. The Hall–Kier alpha value is -2.48. The minimum absolute atomic E-state index is 0.751. The number of benzene rings is 2. The molecule has 0 aliphatic carbocycles. The molecule has 0 N–H and O–H groups in total. The number of hydrogen-bond donors (Lipinski definition) is 0.